The quantitative estimate of drug-likeness (QED) is 0.621. The maximum Gasteiger partial charge on any atom is 0.317 e. The Kier molecular flexibility index (Phi) is 3.82. The second-order valence-corrected chi connectivity index (χ2v) is 3.48. The summed E-state index contributed by atoms with van der Waals surface area (Å²) in [6.07, 6.45) is 0. The number of rotatable bonds is 3. The van der Waals surface area contributed by atoms with Gasteiger partial charge in [-0.25, -0.2) is 4.79 Å². The third kappa shape index (κ3) is 3.23. The highest BCUT2D eigenvalue weighted by atomic mass is 16.6. The average molecular weight is 223 g/mol. The molecule has 0 aromatic heterocycles. The topological polar surface area (TPSA) is 75.5 Å². The summed E-state index contributed by atoms with van der Waals surface area (Å²) in [5, 5.41) is 13.1. The Morgan fingerprint density at radius 2 is 2.19 bits per heavy atom. The molecule has 0 fully saturated rings. The first kappa shape index (κ1) is 12.0. The third-order valence-electron chi connectivity index (χ3n) is 1.97. The maximum absolute atomic E-state index is 11.2. The van der Waals surface area contributed by atoms with Crippen LogP contribution in [0.4, 0.5) is 10.5 Å². The van der Waals surface area contributed by atoms with Crippen molar-refractivity contribution in [1.82, 2.24) is 10.2 Å². The van der Waals surface area contributed by atoms with Crippen LogP contribution in [-0.4, -0.2) is 29.9 Å². The van der Waals surface area contributed by atoms with Crippen LogP contribution in [-0.2, 0) is 6.54 Å². The molecule has 0 spiro atoms. The number of urea groups is 1. The number of non-ortho nitro benzene ring substituents is 1. The van der Waals surface area contributed by atoms with Crippen LogP contribution in [0.2, 0.25) is 0 Å². The third-order valence-corrected chi connectivity index (χ3v) is 1.97. The van der Waals surface area contributed by atoms with Gasteiger partial charge in [0.25, 0.3) is 5.69 Å². The molecule has 0 bridgehead atoms. The first-order valence-electron chi connectivity index (χ1n) is 4.69. The summed E-state index contributed by atoms with van der Waals surface area (Å²) >= 11 is 0. The van der Waals surface area contributed by atoms with Gasteiger partial charge in [-0.1, -0.05) is 12.1 Å². The van der Waals surface area contributed by atoms with Crippen LogP contribution in [0.25, 0.3) is 0 Å². The van der Waals surface area contributed by atoms with Gasteiger partial charge in [-0.2, -0.15) is 0 Å². The lowest BCUT2D eigenvalue weighted by molar-refractivity contribution is -0.384. The summed E-state index contributed by atoms with van der Waals surface area (Å²) < 4.78 is 0. The van der Waals surface area contributed by atoms with Gasteiger partial charge in [0.05, 0.1) is 4.92 Å². The molecule has 6 nitrogen and oxygen atoms in total. The summed E-state index contributed by atoms with van der Waals surface area (Å²) in [5.41, 5.74) is 0.723. The van der Waals surface area contributed by atoms with Gasteiger partial charge in [0.15, 0.2) is 0 Å². The molecule has 16 heavy (non-hydrogen) atoms. The van der Waals surface area contributed by atoms with Crippen LogP contribution in [0, 0.1) is 10.1 Å². The van der Waals surface area contributed by atoms with E-state index in [1.807, 2.05) is 0 Å². The van der Waals surface area contributed by atoms with E-state index in [4.69, 9.17) is 0 Å². The zero-order valence-electron chi connectivity index (χ0n) is 9.14. The SMILES string of the molecule is CN(C)C(=O)NCc1cccc([N+](=O)[O-])c1. The number of carbonyl (C=O) groups excluding carboxylic acids is 1. The molecule has 2 amide bonds. The Hall–Kier alpha value is -2.11. The van der Waals surface area contributed by atoms with Gasteiger partial charge in [-0.05, 0) is 5.56 Å². The summed E-state index contributed by atoms with van der Waals surface area (Å²) in [5.74, 6) is 0. The first-order valence-corrected chi connectivity index (χ1v) is 4.69. The second kappa shape index (κ2) is 5.11. The van der Waals surface area contributed by atoms with Crippen LogP contribution in [0.1, 0.15) is 5.56 Å². The van der Waals surface area contributed by atoms with Gasteiger partial charge in [0.2, 0.25) is 0 Å². The van der Waals surface area contributed by atoms with E-state index >= 15 is 0 Å². The molecular formula is C10H13N3O3. The number of nitro groups is 1. The van der Waals surface area contributed by atoms with Crippen molar-refractivity contribution in [2.75, 3.05) is 14.1 Å². The van der Waals surface area contributed by atoms with Gasteiger partial charge in [-0.3, -0.25) is 10.1 Å². The van der Waals surface area contributed by atoms with Gasteiger partial charge in [0, 0.05) is 32.8 Å². The van der Waals surface area contributed by atoms with Crippen LogP contribution in [0.5, 0.6) is 0 Å². The Morgan fingerprint density at radius 1 is 1.50 bits per heavy atom. The molecule has 0 aliphatic rings. The van der Waals surface area contributed by atoms with Crippen molar-refractivity contribution < 1.29 is 9.72 Å². The predicted molar refractivity (Wildman–Crippen MR) is 59.0 cm³/mol. The van der Waals surface area contributed by atoms with Crippen molar-refractivity contribution in [3.63, 3.8) is 0 Å². The van der Waals surface area contributed by atoms with E-state index in [9.17, 15) is 14.9 Å². The highest BCUT2D eigenvalue weighted by Gasteiger charge is 2.07. The summed E-state index contributed by atoms with van der Waals surface area (Å²) in [7, 11) is 3.26. The van der Waals surface area contributed by atoms with Crippen molar-refractivity contribution >= 4 is 11.7 Å². The fraction of sp³-hybridized carbons (Fsp3) is 0.300. The van der Waals surface area contributed by atoms with Crippen molar-refractivity contribution in [2.45, 2.75) is 6.54 Å². The lowest BCUT2D eigenvalue weighted by Crippen LogP contribution is -2.33. The fourth-order valence-electron chi connectivity index (χ4n) is 1.12. The van der Waals surface area contributed by atoms with Gasteiger partial charge in [0.1, 0.15) is 0 Å². The molecule has 0 radical (unpaired) electrons. The molecule has 1 aromatic rings. The molecule has 86 valence electrons. The number of hydrogen-bond donors (Lipinski definition) is 1. The number of carbonyl (C=O) groups is 1. The van der Waals surface area contributed by atoms with Gasteiger partial charge < -0.3 is 10.2 Å². The standard InChI is InChI=1S/C10H13N3O3/c1-12(2)10(14)11-7-8-4-3-5-9(6-8)13(15)16/h3-6H,7H2,1-2H3,(H,11,14). The molecule has 0 saturated heterocycles. The fourth-order valence-corrected chi connectivity index (χ4v) is 1.12. The maximum atomic E-state index is 11.2. The lowest BCUT2D eigenvalue weighted by Gasteiger charge is -2.11. The number of nitrogens with zero attached hydrogens (tertiary/aromatic N) is 2. The minimum atomic E-state index is -0.461. The van der Waals surface area contributed by atoms with Crippen molar-refractivity contribution in [2.24, 2.45) is 0 Å². The highest BCUT2D eigenvalue weighted by molar-refractivity contribution is 5.73. The van der Waals surface area contributed by atoms with Crippen molar-refractivity contribution in [1.29, 1.82) is 0 Å². The van der Waals surface area contributed by atoms with Crippen LogP contribution in [0.3, 0.4) is 0 Å². The summed E-state index contributed by atoms with van der Waals surface area (Å²) in [4.78, 5) is 22.7. The minimum absolute atomic E-state index is 0.0246. The molecule has 1 aromatic carbocycles. The predicted octanol–water partition coefficient (Wildman–Crippen LogP) is 1.37. The molecule has 0 atom stereocenters. The molecule has 0 aliphatic carbocycles. The molecule has 1 N–H and O–H groups in total. The molecule has 6 heteroatoms. The highest BCUT2D eigenvalue weighted by Crippen LogP contribution is 2.12. The number of benzene rings is 1. The largest absolute Gasteiger partial charge is 0.334 e. The van der Waals surface area contributed by atoms with Gasteiger partial charge in [-0.15, -0.1) is 0 Å². The zero-order chi connectivity index (χ0) is 12.1. The zero-order valence-corrected chi connectivity index (χ0v) is 9.14. The van der Waals surface area contributed by atoms with Crippen LogP contribution < -0.4 is 5.32 Å². The molecule has 0 aliphatic heterocycles. The van der Waals surface area contributed by atoms with E-state index in [0.29, 0.717) is 5.56 Å². The molecule has 1 rings (SSSR count). The molecule has 0 unspecified atom stereocenters. The Labute approximate surface area is 93.0 Å². The second-order valence-electron chi connectivity index (χ2n) is 3.48. The minimum Gasteiger partial charge on any atom is -0.334 e. The molecular weight excluding hydrogens is 210 g/mol. The Morgan fingerprint density at radius 3 is 2.75 bits per heavy atom. The van der Waals surface area contributed by atoms with E-state index in [-0.39, 0.29) is 18.3 Å². The smallest absolute Gasteiger partial charge is 0.317 e. The summed E-state index contributed by atoms with van der Waals surface area (Å²) in [6, 6.07) is 5.94. The lowest BCUT2D eigenvalue weighted by atomic mass is 10.2. The van der Waals surface area contributed by atoms with Crippen LogP contribution >= 0.6 is 0 Å². The normalized spacial score (nSPS) is 9.62. The van der Waals surface area contributed by atoms with Gasteiger partial charge >= 0.3 is 6.03 Å². The number of nitro benzene ring substituents is 1. The number of hydrogen-bond acceptors (Lipinski definition) is 3. The Bertz CT molecular complexity index is 404. The van der Waals surface area contributed by atoms with E-state index in [2.05, 4.69) is 5.32 Å². The van der Waals surface area contributed by atoms with E-state index in [0.717, 1.165) is 0 Å². The monoisotopic (exact) mass is 223 g/mol. The number of amides is 2. The van der Waals surface area contributed by atoms with E-state index in [1.165, 1.54) is 17.0 Å². The van der Waals surface area contributed by atoms with E-state index in [1.54, 1.807) is 26.2 Å². The van der Waals surface area contributed by atoms with Crippen molar-refractivity contribution in [3.8, 4) is 0 Å². The molecule has 0 saturated carbocycles. The van der Waals surface area contributed by atoms with Crippen molar-refractivity contribution in [3.05, 3.63) is 39.9 Å². The Balaban J connectivity index is 2.64. The summed E-state index contributed by atoms with van der Waals surface area (Å²) in [6.45, 7) is 0.276. The average Bonchev–Trinajstić information content (AvgIpc) is 2.26. The van der Waals surface area contributed by atoms with Crippen LogP contribution in [0.15, 0.2) is 24.3 Å². The number of nitrogens with one attached hydrogen (secondary N) is 1. The van der Waals surface area contributed by atoms with E-state index < -0.39 is 4.92 Å². The molecule has 0 heterocycles. The first-order chi connectivity index (χ1) is 7.50.